The van der Waals surface area contributed by atoms with Gasteiger partial charge in [-0.15, -0.1) is 0 Å². The van der Waals surface area contributed by atoms with Crippen LogP contribution in [0.2, 0.25) is 0 Å². The van der Waals surface area contributed by atoms with Gasteiger partial charge in [-0.3, -0.25) is 9.79 Å². The van der Waals surface area contributed by atoms with E-state index in [2.05, 4.69) is 11.9 Å². The number of benzene rings is 2. The van der Waals surface area contributed by atoms with Crippen LogP contribution in [0.5, 0.6) is 11.5 Å². The Balaban J connectivity index is 1.31. The number of allylic oxidation sites excluding steroid dienone is 1. The highest BCUT2D eigenvalue weighted by Crippen LogP contribution is 2.49. The summed E-state index contributed by atoms with van der Waals surface area (Å²) in [5.74, 6) is 0.970. The first kappa shape index (κ1) is 34.8. The van der Waals surface area contributed by atoms with E-state index in [0.717, 1.165) is 17.7 Å². The first-order valence-corrected chi connectivity index (χ1v) is 16.2. The molecule has 0 radical (unpaired) electrons. The van der Waals surface area contributed by atoms with Crippen LogP contribution in [0, 0.1) is 6.92 Å². The summed E-state index contributed by atoms with van der Waals surface area (Å²) in [5, 5.41) is 62.5. The van der Waals surface area contributed by atoms with E-state index in [9.17, 15) is 35.4 Å². The van der Waals surface area contributed by atoms with Crippen molar-refractivity contribution >= 4 is 22.9 Å². The average Bonchev–Trinajstić information content (AvgIpc) is 3.65. The monoisotopic (exact) mass is 678 g/mol. The van der Waals surface area contributed by atoms with E-state index >= 15 is 0 Å². The summed E-state index contributed by atoms with van der Waals surface area (Å²) in [4.78, 5) is 31.3. The lowest BCUT2D eigenvalue weighted by atomic mass is 9.85. The van der Waals surface area contributed by atoms with Crippen molar-refractivity contribution in [3.05, 3.63) is 87.1 Å². The van der Waals surface area contributed by atoms with Crippen LogP contribution < -0.4 is 15.1 Å². The van der Waals surface area contributed by atoms with Crippen LogP contribution in [0.25, 0.3) is 11.0 Å². The number of aliphatic imine (C=N–C) groups is 1. The molecule has 4 heterocycles. The number of phenols is 1. The van der Waals surface area contributed by atoms with Gasteiger partial charge in [-0.25, -0.2) is 9.78 Å². The molecule has 1 aromatic heterocycles. The number of nitrogens with zero attached hydrogens (tertiary/aromatic N) is 2. The van der Waals surface area contributed by atoms with Gasteiger partial charge in [0.1, 0.15) is 59.4 Å². The van der Waals surface area contributed by atoms with Crippen molar-refractivity contribution in [3.63, 3.8) is 0 Å². The van der Waals surface area contributed by atoms with Crippen molar-refractivity contribution < 1.29 is 49.6 Å². The minimum atomic E-state index is -2.21. The fourth-order valence-corrected chi connectivity index (χ4v) is 6.67. The standard InChI is InChI=1S/C36H42N2O11/c1-5-26-23-10-11-37-25(23)16-38(26)30-32-21(13-24-27(41)12-19(2)47-33(24)30)14-29(35(3,4)48-32)49-46-18-36(45,34(44)31(43)28(42)17-39)15-20-6-8-22(40)9-7-20/h6-13,16,26,28-29,31,34,39-40,42-45H,5,14-15,17-18H2,1-4H3/t26?,28-,29-,31-,34+,36+/m1/s1. The molecule has 13 heteroatoms. The number of hydrogen-bond donors (Lipinski definition) is 6. The number of aryl methyl sites for hydroxylation is 1. The van der Waals surface area contributed by atoms with Gasteiger partial charge in [0.15, 0.2) is 16.8 Å². The van der Waals surface area contributed by atoms with E-state index in [0.29, 0.717) is 39.3 Å². The number of aromatic hydroxyl groups is 1. The number of fused-ring (bicyclic) bond motifs is 3. The van der Waals surface area contributed by atoms with E-state index in [4.69, 9.17) is 18.9 Å². The van der Waals surface area contributed by atoms with Crippen molar-refractivity contribution in [1.82, 2.24) is 0 Å². The molecule has 0 bridgehead atoms. The lowest BCUT2D eigenvalue weighted by Crippen LogP contribution is -2.57. The summed E-state index contributed by atoms with van der Waals surface area (Å²) in [6.45, 7) is 5.90. The number of rotatable bonds is 12. The maximum atomic E-state index is 13.3. The van der Waals surface area contributed by atoms with Gasteiger partial charge in [0.25, 0.3) is 0 Å². The third-order valence-corrected chi connectivity index (χ3v) is 9.45. The number of phenolic OH excluding ortho intramolecular Hbond substituents is 1. The molecule has 3 aliphatic heterocycles. The summed E-state index contributed by atoms with van der Waals surface area (Å²) in [5.41, 5.74) is 0.582. The molecule has 0 spiro atoms. The van der Waals surface area contributed by atoms with E-state index in [-0.39, 0.29) is 30.1 Å². The number of hydrogen-bond acceptors (Lipinski definition) is 13. The van der Waals surface area contributed by atoms with Crippen LogP contribution in [0.1, 0.15) is 44.1 Å². The van der Waals surface area contributed by atoms with Gasteiger partial charge in [0.05, 0.1) is 23.7 Å². The quantitative estimate of drug-likeness (QED) is 0.121. The number of anilines is 1. The van der Waals surface area contributed by atoms with Crippen molar-refractivity contribution in [2.24, 2.45) is 4.99 Å². The number of aliphatic hydroxyl groups is 5. The summed E-state index contributed by atoms with van der Waals surface area (Å²) in [6.07, 6.45) is -0.0192. The van der Waals surface area contributed by atoms with E-state index in [1.54, 1.807) is 19.2 Å². The maximum absolute atomic E-state index is 13.3. The highest BCUT2D eigenvalue weighted by molar-refractivity contribution is 5.96. The van der Waals surface area contributed by atoms with Gasteiger partial charge in [-0.05, 0) is 57.0 Å². The zero-order chi connectivity index (χ0) is 35.2. The molecular formula is C36H42N2O11. The van der Waals surface area contributed by atoms with Crippen LogP contribution in [0.4, 0.5) is 5.69 Å². The lowest BCUT2D eigenvalue weighted by Gasteiger charge is -2.41. The minimum absolute atomic E-state index is 0.00755. The van der Waals surface area contributed by atoms with Gasteiger partial charge in [-0.2, -0.15) is 0 Å². The minimum Gasteiger partial charge on any atom is -0.508 e. The highest BCUT2D eigenvalue weighted by Gasteiger charge is 2.46. The maximum Gasteiger partial charge on any atom is 0.193 e. The smallest absolute Gasteiger partial charge is 0.193 e. The Morgan fingerprint density at radius 1 is 1.16 bits per heavy atom. The first-order valence-electron chi connectivity index (χ1n) is 16.2. The third kappa shape index (κ3) is 6.51. The van der Waals surface area contributed by atoms with Gasteiger partial charge in [0.2, 0.25) is 0 Å². The Morgan fingerprint density at radius 2 is 1.90 bits per heavy atom. The molecule has 6 atom stereocenters. The molecule has 0 aliphatic carbocycles. The number of aliphatic hydroxyl groups excluding tert-OH is 4. The SMILES string of the molecule is CCC1C2=CC=NC2=CN1c1c2c(cc3c(=O)cc(C)oc13)C[C@@H](OOC[C@@](O)(Cc1ccc(O)cc1)[C@@H](O)[C@H](O)[C@H](O)CO)C(C)(C)O2. The Bertz CT molecular complexity index is 1870. The van der Waals surface area contributed by atoms with E-state index in [1.165, 1.54) is 30.3 Å². The second-order valence-electron chi connectivity index (χ2n) is 13.4. The number of ether oxygens (including phenoxy) is 1. The summed E-state index contributed by atoms with van der Waals surface area (Å²) >= 11 is 0. The largest absolute Gasteiger partial charge is 0.508 e. The molecule has 6 rings (SSSR count). The van der Waals surface area contributed by atoms with Crippen molar-refractivity contribution in [2.45, 2.75) is 88.6 Å². The molecule has 0 amide bonds. The molecule has 49 heavy (non-hydrogen) atoms. The molecule has 1 unspecified atom stereocenters. The second kappa shape index (κ2) is 13.3. The molecule has 6 N–H and O–H groups in total. The van der Waals surface area contributed by atoms with Crippen molar-refractivity contribution in [1.29, 1.82) is 0 Å². The fourth-order valence-electron chi connectivity index (χ4n) is 6.67. The molecule has 0 saturated heterocycles. The normalized spacial score (nSPS) is 22.5. The molecule has 3 aromatic rings. The van der Waals surface area contributed by atoms with Crippen LogP contribution >= 0.6 is 0 Å². The lowest BCUT2D eigenvalue weighted by molar-refractivity contribution is -0.369. The topological polar surface area (TPSA) is 195 Å². The molecular weight excluding hydrogens is 636 g/mol. The molecule has 0 fully saturated rings. The zero-order valence-electron chi connectivity index (χ0n) is 27.7. The predicted molar refractivity (Wildman–Crippen MR) is 180 cm³/mol. The summed E-state index contributed by atoms with van der Waals surface area (Å²) < 4.78 is 12.9. The first-order chi connectivity index (χ1) is 23.3. The Hall–Kier alpha value is -4.08. The van der Waals surface area contributed by atoms with Crippen LogP contribution in [-0.2, 0) is 22.6 Å². The van der Waals surface area contributed by atoms with Gasteiger partial charge in [0, 0.05) is 42.5 Å². The molecule has 0 saturated carbocycles. The van der Waals surface area contributed by atoms with Gasteiger partial charge >= 0.3 is 0 Å². The molecule has 13 nitrogen and oxygen atoms in total. The molecule has 3 aliphatic rings. The average molecular weight is 679 g/mol. The Kier molecular flexibility index (Phi) is 9.46. The van der Waals surface area contributed by atoms with Crippen LogP contribution in [-0.4, -0.2) is 91.7 Å². The van der Waals surface area contributed by atoms with Gasteiger partial charge < -0.3 is 44.7 Å². The summed E-state index contributed by atoms with van der Waals surface area (Å²) in [7, 11) is 0. The van der Waals surface area contributed by atoms with Gasteiger partial charge in [-0.1, -0.05) is 19.1 Å². The summed E-state index contributed by atoms with van der Waals surface area (Å²) in [6, 6.07) is 8.93. The Morgan fingerprint density at radius 3 is 2.59 bits per heavy atom. The third-order valence-electron chi connectivity index (χ3n) is 9.45. The van der Waals surface area contributed by atoms with Crippen molar-refractivity contribution in [2.75, 3.05) is 18.1 Å². The predicted octanol–water partition coefficient (Wildman–Crippen LogP) is 2.34. The van der Waals surface area contributed by atoms with Crippen molar-refractivity contribution in [3.8, 4) is 11.5 Å². The highest BCUT2D eigenvalue weighted by atomic mass is 17.2. The van der Waals surface area contributed by atoms with Crippen LogP contribution in [0.3, 0.4) is 0 Å². The van der Waals surface area contributed by atoms with E-state index in [1.807, 2.05) is 31.0 Å². The fraction of sp³-hybridized carbons (Fsp3) is 0.444. The van der Waals surface area contributed by atoms with E-state index < -0.39 is 48.8 Å². The second-order valence-corrected chi connectivity index (χ2v) is 13.4. The van der Waals surface area contributed by atoms with Crippen LogP contribution in [0.15, 0.2) is 74.1 Å². The molecule has 262 valence electrons. The molecule has 2 aromatic carbocycles. The zero-order valence-corrected chi connectivity index (χ0v) is 27.7. The Labute approximate surface area is 282 Å².